The van der Waals surface area contributed by atoms with Gasteiger partial charge in [0.15, 0.2) is 11.6 Å². The van der Waals surface area contributed by atoms with Crippen LogP contribution in [0.15, 0.2) is 53.8 Å². The third-order valence-electron chi connectivity index (χ3n) is 3.47. The van der Waals surface area contributed by atoms with E-state index in [4.69, 9.17) is 15.0 Å². The number of azide groups is 1. The van der Waals surface area contributed by atoms with Crippen LogP contribution in [0.3, 0.4) is 0 Å². The lowest BCUT2D eigenvalue weighted by Crippen LogP contribution is -2.05. The van der Waals surface area contributed by atoms with E-state index in [-0.39, 0.29) is 11.9 Å². The Morgan fingerprint density at radius 1 is 1.24 bits per heavy atom. The minimum atomic E-state index is -0.415. The molecule has 2 aromatic carbocycles. The highest BCUT2D eigenvalue weighted by molar-refractivity contribution is 5.68. The average Bonchev–Trinajstić information content (AvgIpc) is 2.60. The monoisotopic (exact) mass is 341 g/mol. The zero-order valence-electron chi connectivity index (χ0n) is 14.4. The van der Waals surface area contributed by atoms with Crippen LogP contribution in [0.2, 0.25) is 0 Å². The topological polar surface area (TPSA) is 67.2 Å². The summed E-state index contributed by atoms with van der Waals surface area (Å²) >= 11 is 0. The van der Waals surface area contributed by atoms with Crippen LogP contribution >= 0.6 is 0 Å². The molecule has 0 unspecified atom stereocenters. The predicted molar refractivity (Wildman–Crippen MR) is 96.0 cm³/mol. The molecule has 0 aliphatic rings. The first kappa shape index (κ1) is 18.4. The molecule has 0 heterocycles. The maximum Gasteiger partial charge on any atom is 0.165 e. The van der Waals surface area contributed by atoms with Crippen molar-refractivity contribution >= 4 is 5.57 Å². The summed E-state index contributed by atoms with van der Waals surface area (Å²) in [6.45, 7) is 3.92. The fourth-order valence-electron chi connectivity index (χ4n) is 2.37. The molecular formula is C19H20FN3O2. The fourth-order valence-corrected chi connectivity index (χ4v) is 2.37. The molecule has 0 atom stereocenters. The predicted octanol–water partition coefficient (Wildman–Crippen LogP) is 5.52. The van der Waals surface area contributed by atoms with Gasteiger partial charge in [0.25, 0.3) is 0 Å². The highest BCUT2D eigenvalue weighted by Crippen LogP contribution is 2.26. The minimum absolute atomic E-state index is 0.0933. The van der Waals surface area contributed by atoms with Crippen molar-refractivity contribution in [1.82, 2.24) is 0 Å². The van der Waals surface area contributed by atoms with Crippen LogP contribution in [-0.2, 0) is 6.42 Å². The van der Waals surface area contributed by atoms with Crippen LogP contribution in [0.5, 0.6) is 11.5 Å². The van der Waals surface area contributed by atoms with Gasteiger partial charge >= 0.3 is 0 Å². The van der Waals surface area contributed by atoms with Crippen molar-refractivity contribution in [2.24, 2.45) is 5.11 Å². The molecule has 0 aliphatic heterocycles. The number of methoxy groups -OCH3 is 1. The Morgan fingerprint density at radius 3 is 2.56 bits per heavy atom. The molecule has 2 rings (SSSR count). The zero-order valence-corrected chi connectivity index (χ0v) is 14.4. The average molecular weight is 341 g/mol. The van der Waals surface area contributed by atoms with Gasteiger partial charge in [-0.3, -0.25) is 0 Å². The Hall–Kier alpha value is -2.98. The van der Waals surface area contributed by atoms with Crippen LogP contribution in [-0.4, -0.2) is 13.2 Å². The van der Waals surface area contributed by atoms with Crippen LogP contribution in [0, 0.1) is 5.82 Å². The molecule has 2 aromatic rings. The molecule has 0 amide bonds. The van der Waals surface area contributed by atoms with Crippen molar-refractivity contribution in [3.63, 3.8) is 0 Å². The number of ether oxygens (including phenoxy) is 2. The van der Waals surface area contributed by atoms with Crippen LogP contribution in [0.25, 0.3) is 16.0 Å². The normalized spacial score (nSPS) is 11.2. The van der Waals surface area contributed by atoms with E-state index < -0.39 is 5.82 Å². The molecule has 0 saturated heterocycles. The summed E-state index contributed by atoms with van der Waals surface area (Å²) in [4.78, 5) is 2.79. The standard InChI is InChI=1S/C19H20FN3O2/c1-13(2)25-17-7-5-15(6-8-17)16(12-22-23-21)10-14-4-9-18(20)19(11-14)24-3/h4-9,11-13H,10H2,1-3H3/b16-12+. The number of hydrogen-bond donors (Lipinski definition) is 0. The fraction of sp³-hybridized carbons (Fsp3) is 0.263. The van der Waals surface area contributed by atoms with Gasteiger partial charge in [0.2, 0.25) is 0 Å². The molecule has 0 aromatic heterocycles. The van der Waals surface area contributed by atoms with Gasteiger partial charge < -0.3 is 9.47 Å². The largest absolute Gasteiger partial charge is 0.494 e. The summed E-state index contributed by atoms with van der Waals surface area (Å²) < 4.78 is 24.2. The van der Waals surface area contributed by atoms with Gasteiger partial charge in [-0.1, -0.05) is 23.3 Å². The first-order valence-electron chi connectivity index (χ1n) is 7.86. The second-order valence-corrected chi connectivity index (χ2v) is 5.70. The number of hydrogen-bond acceptors (Lipinski definition) is 3. The van der Waals surface area contributed by atoms with Gasteiger partial charge in [0, 0.05) is 11.1 Å². The van der Waals surface area contributed by atoms with Crippen molar-refractivity contribution in [2.75, 3.05) is 7.11 Å². The Bertz CT molecular complexity index is 795. The SMILES string of the molecule is COc1cc(C/C(=C\N=[N+]=[N-])c2ccc(OC(C)C)cc2)ccc1F. The van der Waals surface area contributed by atoms with E-state index in [0.717, 1.165) is 22.4 Å². The van der Waals surface area contributed by atoms with Crippen molar-refractivity contribution < 1.29 is 13.9 Å². The zero-order chi connectivity index (χ0) is 18.2. The smallest absolute Gasteiger partial charge is 0.165 e. The summed E-state index contributed by atoms with van der Waals surface area (Å²) in [5.41, 5.74) is 11.2. The Labute approximate surface area is 146 Å². The highest BCUT2D eigenvalue weighted by atomic mass is 19.1. The third kappa shape index (κ3) is 5.26. The van der Waals surface area contributed by atoms with E-state index in [9.17, 15) is 4.39 Å². The second kappa shape index (κ2) is 8.76. The van der Waals surface area contributed by atoms with Crippen LogP contribution in [0.4, 0.5) is 4.39 Å². The van der Waals surface area contributed by atoms with Gasteiger partial charge in [0.05, 0.1) is 13.2 Å². The van der Waals surface area contributed by atoms with Crippen molar-refractivity contribution in [1.29, 1.82) is 0 Å². The lowest BCUT2D eigenvalue weighted by Gasteiger charge is -2.12. The van der Waals surface area contributed by atoms with E-state index in [2.05, 4.69) is 10.0 Å². The molecule has 0 fully saturated rings. The first-order chi connectivity index (χ1) is 12.0. The van der Waals surface area contributed by atoms with Gasteiger partial charge in [-0.2, -0.15) is 0 Å². The summed E-state index contributed by atoms with van der Waals surface area (Å²) in [7, 11) is 1.42. The molecule has 0 spiro atoms. The molecule has 130 valence electrons. The number of nitrogens with zero attached hydrogens (tertiary/aromatic N) is 3. The molecule has 0 N–H and O–H groups in total. The van der Waals surface area contributed by atoms with Crippen LogP contribution in [0.1, 0.15) is 25.0 Å². The Balaban J connectivity index is 2.29. The molecule has 0 radical (unpaired) electrons. The van der Waals surface area contributed by atoms with Crippen LogP contribution < -0.4 is 9.47 Å². The first-order valence-corrected chi connectivity index (χ1v) is 7.86. The molecular weight excluding hydrogens is 321 g/mol. The lowest BCUT2D eigenvalue weighted by molar-refractivity contribution is 0.242. The van der Waals surface area contributed by atoms with E-state index in [1.165, 1.54) is 19.4 Å². The summed E-state index contributed by atoms with van der Waals surface area (Å²) in [5, 5.41) is 3.56. The minimum Gasteiger partial charge on any atom is -0.494 e. The number of rotatable bonds is 7. The molecule has 25 heavy (non-hydrogen) atoms. The Kier molecular flexibility index (Phi) is 6.43. The van der Waals surface area contributed by atoms with Gasteiger partial charge in [-0.15, -0.1) is 0 Å². The van der Waals surface area contributed by atoms with Gasteiger partial charge in [0.1, 0.15) is 5.75 Å². The highest BCUT2D eigenvalue weighted by Gasteiger charge is 2.08. The summed E-state index contributed by atoms with van der Waals surface area (Å²) in [6, 6.07) is 12.2. The summed E-state index contributed by atoms with van der Waals surface area (Å²) in [6.07, 6.45) is 2.03. The molecule has 0 aliphatic carbocycles. The molecule has 0 bridgehead atoms. The molecule has 5 nitrogen and oxygen atoms in total. The van der Waals surface area contributed by atoms with Crippen molar-refractivity contribution in [3.05, 3.63) is 76.1 Å². The van der Waals surface area contributed by atoms with Crippen molar-refractivity contribution in [3.8, 4) is 11.5 Å². The number of allylic oxidation sites excluding steroid dienone is 1. The maximum absolute atomic E-state index is 13.6. The Morgan fingerprint density at radius 2 is 1.96 bits per heavy atom. The van der Waals surface area contributed by atoms with E-state index in [1.54, 1.807) is 12.1 Å². The molecule has 0 saturated carbocycles. The second-order valence-electron chi connectivity index (χ2n) is 5.70. The third-order valence-corrected chi connectivity index (χ3v) is 3.47. The lowest BCUT2D eigenvalue weighted by atomic mass is 9.98. The number of halogens is 1. The quantitative estimate of drug-likeness (QED) is 0.378. The van der Waals surface area contributed by atoms with Gasteiger partial charge in [-0.25, -0.2) is 4.39 Å². The van der Waals surface area contributed by atoms with Gasteiger partial charge in [-0.05, 0) is 66.8 Å². The van der Waals surface area contributed by atoms with E-state index >= 15 is 0 Å². The molecule has 6 heteroatoms. The number of benzene rings is 2. The maximum atomic E-state index is 13.6. The summed E-state index contributed by atoms with van der Waals surface area (Å²) in [5.74, 6) is 0.536. The van der Waals surface area contributed by atoms with E-state index in [1.807, 2.05) is 38.1 Å². The van der Waals surface area contributed by atoms with Crippen molar-refractivity contribution in [2.45, 2.75) is 26.4 Å². The van der Waals surface area contributed by atoms with E-state index in [0.29, 0.717) is 6.42 Å².